The number of pyridine rings is 1. The minimum atomic E-state index is -0.542. The summed E-state index contributed by atoms with van der Waals surface area (Å²) in [6.45, 7) is 1.75. The van der Waals surface area contributed by atoms with Gasteiger partial charge in [-0.2, -0.15) is 0 Å². The van der Waals surface area contributed by atoms with Gasteiger partial charge >= 0.3 is 0 Å². The summed E-state index contributed by atoms with van der Waals surface area (Å²) >= 11 is 1.23. The van der Waals surface area contributed by atoms with Crippen molar-refractivity contribution >= 4 is 52.6 Å². The van der Waals surface area contributed by atoms with Gasteiger partial charge in [0.15, 0.2) is 0 Å². The molecule has 10 nitrogen and oxygen atoms in total. The third-order valence-electron chi connectivity index (χ3n) is 5.69. The Bertz CT molecular complexity index is 1610. The Morgan fingerprint density at radius 1 is 0.951 bits per heavy atom. The van der Waals surface area contributed by atoms with E-state index in [4.69, 9.17) is 0 Å². The Morgan fingerprint density at radius 3 is 2.49 bits per heavy atom. The largest absolute Gasteiger partial charge is 0.325 e. The van der Waals surface area contributed by atoms with Crippen LogP contribution in [0, 0.1) is 17.0 Å². The van der Waals surface area contributed by atoms with E-state index in [1.54, 1.807) is 92.1 Å². The Morgan fingerprint density at radius 2 is 1.76 bits per heavy atom. The van der Waals surface area contributed by atoms with Gasteiger partial charge in [-0.1, -0.05) is 36.4 Å². The van der Waals surface area contributed by atoms with Gasteiger partial charge in [-0.15, -0.1) is 11.8 Å². The van der Waals surface area contributed by atoms with E-state index in [1.807, 2.05) is 0 Å². The lowest BCUT2D eigenvalue weighted by atomic mass is 10.2. The first kappa shape index (κ1) is 28.7. The number of aryl methyl sites for hydroxylation is 1. The van der Waals surface area contributed by atoms with Crippen molar-refractivity contribution in [3.63, 3.8) is 0 Å². The number of nitrogens with zero attached hydrogens (tertiary/aromatic N) is 2. The molecule has 0 unspecified atom stereocenters. The normalized spacial score (nSPS) is 10.9. The van der Waals surface area contributed by atoms with Crippen molar-refractivity contribution in [3.8, 4) is 0 Å². The zero-order valence-electron chi connectivity index (χ0n) is 21.9. The van der Waals surface area contributed by atoms with Gasteiger partial charge < -0.3 is 16.0 Å². The van der Waals surface area contributed by atoms with Crippen LogP contribution in [0.3, 0.4) is 0 Å². The van der Waals surface area contributed by atoms with Crippen LogP contribution in [0.5, 0.6) is 0 Å². The van der Waals surface area contributed by atoms with Crippen LogP contribution in [0.25, 0.3) is 6.08 Å². The topological polar surface area (TPSA) is 143 Å². The molecule has 0 saturated heterocycles. The van der Waals surface area contributed by atoms with Gasteiger partial charge in [0.1, 0.15) is 5.70 Å². The fourth-order valence-corrected chi connectivity index (χ4v) is 4.38. The van der Waals surface area contributed by atoms with E-state index >= 15 is 0 Å². The molecule has 1 aromatic heterocycles. The molecule has 1 heterocycles. The summed E-state index contributed by atoms with van der Waals surface area (Å²) in [5, 5.41) is 19.2. The monoisotopic (exact) mass is 567 g/mol. The number of non-ortho nitro benzene ring substituents is 1. The predicted molar refractivity (Wildman–Crippen MR) is 158 cm³/mol. The Labute approximate surface area is 240 Å². The van der Waals surface area contributed by atoms with Crippen molar-refractivity contribution in [3.05, 3.63) is 130 Å². The number of hydrogen-bond acceptors (Lipinski definition) is 7. The Kier molecular flexibility index (Phi) is 9.57. The first-order valence-electron chi connectivity index (χ1n) is 12.4. The molecular weight excluding hydrogens is 542 g/mol. The number of rotatable bonds is 10. The van der Waals surface area contributed by atoms with Gasteiger partial charge in [-0.25, -0.2) is 0 Å². The van der Waals surface area contributed by atoms with Crippen LogP contribution in [0.1, 0.15) is 21.5 Å². The van der Waals surface area contributed by atoms with Crippen LogP contribution in [-0.2, 0) is 9.59 Å². The molecule has 0 radical (unpaired) electrons. The van der Waals surface area contributed by atoms with Crippen LogP contribution in [-0.4, -0.2) is 33.4 Å². The Balaban J connectivity index is 1.43. The molecule has 3 amide bonds. The highest BCUT2D eigenvalue weighted by molar-refractivity contribution is 8.00. The zero-order chi connectivity index (χ0) is 29.2. The van der Waals surface area contributed by atoms with Crippen LogP contribution in [0.4, 0.5) is 17.1 Å². The number of nitro groups is 1. The maximum Gasteiger partial charge on any atom is 0.272 e. The van der Waals surface area contributed by atoms with Crippen molar-refractivity contribution < 1.29 is 19.3 Å². The van der Waals surface area contributed by atoms with Crippen LogP contribution in [0.15, 0.2) is 108 Å². The molecule has 0 aliphatic carbocycles. The number of benzene rings is 3. The SMILES string of the molecule is Cc1ccc([N+](=O)[O-])cc1NC(=O)CSc1cccc(NC(=O)/C(=C/c2cccnc2)NC(=O)c2ccccc2)c1. The number of aromatic nitrogens is 1. The van der Waals surface area contributed by atoms with Crippen LogP contribution < -0.4 is 16.0 Å². The molecule has 0 bridgehead atoms. The highest BCUT2D eigenvalue weighted by atomic mass is 32.2. The van der Waals surface area contributed by atoms with Crippen LogP contribution in [0.2, 0.25) is 0 Å². The molecule has 0 atom stereocenters. The van der Waals surface area contributed by atoms with Gasteiger partial charge in [0.25, 0.3) is 17.5 Å². The first-order chi connectivity index (χ1) is 19.8. The van der Waals surface area contributed by atoms with E-state index in [0.29, 0.717) is 33.0 Å². The fourth-order valence-electron chi connectivity index (χ4n) is 3.63. The summed E-state index contributed by atoms with van der Waals surface area (Å²) in [7, 11) is 0. The number of nitro benzene ring substituents is 1. The number of hydrogen-bond donors (Lipinski definition) is 3. The molecule has 0 aliphatic rings. The second kappa shape index (κ2) is 13.7. The third kappa shape index (κ3) is 8.35. The summed E-state index contributed by atoms with van der Waals surface area (Å²) in [5.74, 6) is -1.28. The average Bonchev–Trinajstić information content (AvgIpc) is 2.98. The average molecular weight is 568 g/mol. The van der Waals surface area contributed by atoms with E-state index < -0.39 is 16.7 Å². The molecule has 11 heteroatoms. The molecule has 41 heavy (non-hydrogen) atoms. The third-order valence-corrected chi connectivity index (χ3v) is 6.69. The minimum Gasteiger partial charge on any atom is -0.325 e. The molecular formula is C30H25N5O5S. The number of anilines is 2. The maximum atomic E-state index is 13.2. The van der Waals surface area contributed by atoms with Crippen LogP contribution >= 0.6 is 11.8 Å². The molecule has 3 N–H and O–H groups in total. The zero-order valence-corrected chi connectivity index (χ0v) is 22.7. The lowest BCUT2D eigenvalue weighted by Gasteiger charge is -2.12. The van der Waals surface area contributed by atoms with E-state index in [1.165, 1.54) is 30.0 Å². The first-order valence-corrected chi connectivity index (χ1v) is 13.3. The lowest BCUT2D eigenvalue weighted by Crippen LogP contribution is -2.30. The van der Waals surface area contributed by atoms with Crippen molar-refractivity contribution in [2.24, 2.45) is 0 Å². The molecule has 0 aliphatic heterocycles. The summed E-state index contributed by atoms with van der Waals surface area (Å²) < 4.78 is 0. The number of amides is 3. The summed E-state index contributed by atoms with van der Waals surface area (Å²) in [6.07, 6.45) is 4.70. The smallest absolute Gasteiger partial charge is 0.272 e. The Hall–Kier alpha value is -5.29. The second-order valence-corrected chi connectivity index (χ2v) is 9.79. The number of carbonyl (C=O) groups excluding carboxylic acids is 3. The van der Waals surface area contributed by atoms with Gasteiger partial charge in [-0.3, -0.25) is 29.5 Å². The van der Waals surface area contributed by atoms with Crippen molar-refractivity contribution in [1.82, 2.24) is 10.3 Å². The lowest BCUT2D eigenvalue weighted by molar-refractivity contribution is -0.384. The second-order valence-electron chi connectivity index (χ2n) is 8.74. The molecule has 0 saturated carbocycles. The van der Waals surface area contributed by atoms with E-state index in [-0.39, 0.29) is 23.0 Å². The molecule has 0 spiro atoms. The highest BCUT2D eigenvalue weighted by Crippen LogP contribution is 2.25. The van der Waals surface area contributed by atoms with E-state index in [2.05, 4.69) is 20.9 Å². The summed E-state index contributed by atoms with van der Waals surface area (Å²) in [6, 6.07) is 23.2. The van der Waals surface area contributed by atoms with Crippen molar-refractivity contribution in [1.29, 1.82) is 0 Å². The predicted octanol–water partition coefficient (Wildman–Crippen LogP) is 5.44. The highest BCUT2D eigenvalue weighted by Gasteiger charge is 2.16. The van der Waals surface area contributed by atoms with Crippen molar-refractivity contribution in [2.75, 3.05) is 16.4 Å². The number of nitrogens with one attached hydrogen (secondary N) is 3. The molecule has 4 rings (SSSR count). The molecule has 206 valence electrons. The summed E-state index contributed by atoms with van der Waals surface area (Å²) in [5.41, 5.74) is 2.47. The number of carbonyl (C=O) groups is 3. The van der Waals surface area contributed by atoms with Gasteiger partial charge in [0.2, 0.25) is 5.91 Å². The summed E-state index contributed by atoms with van der Waals surface area (Å²) in [4.78, 5) is 53.9. The quantitative estimate of drug-likeness (QED) is 0.100. The standard InChI is InChI=1S/C30H25N5O5S/c1-20-12-13-24(35(39)40)17-26(20)33-28(36)19-41-25-11-5-10-23(16-25)32-30(38)27(15-21-7-6-14-31-18-21)34-29(37)22-8-3-2-4-9-22/h2-18H,19H2,1H3,(H,32,38)(H,33,36)(H,34,37)/b27-15-. The minimum absolute atomic E-state index is 0.0246. The maximum absolute atomic E-state index is 13.2. The molecule has 3 aromatic carbocycles. The fraction of sp³-hybridized carbons (Fsp3) is 0.0667. The number of thioether (sulfide) groups is 1. The van der Waals surface area contributed by atoms with Gasteiger partial charge in [-0.05, 0) is 60.5 Å². The van der Waals surface area contributed by atoms with E-state index in [9.17, 15) is 24.5 Å². The molecule has 4 aromatic rings. The molecule has 0 fully saturated rings. The van der Waals surface area contributed by atoms with E-state index in [0.717, 1.165) is 0 Å². The van der Waals surface area contributed by atoms with Gasteiger partial charge in [0.05, 0.1) is 16.4 Å². The van der Waals surface area contributed by atoms with Crippen molar-refractivity contribution in [2.45, 2.75) is 11.8 Å². The van der Waals surface area contributed by atoms with Gasteiger partial charge in [0, 0.05) is 40.7 Å².